The van der Waals surface area contributed by atoms with Crippen LogP contribution in [0.5, 0.6) is 0 Å². The minimum atomic E-state index is -3.75. The van der Waals surface area contributed by atoms with Gasteiger partial charge in [0.05, 0.1) is 17.4 Å². The average molecular weight is 262 g/mol. The monoisotopic (exact) mass is 262 g/mol. The molecule has 0 spiro atoms. The zero-order valence-electron chi connectivity index (χ0n) is 9.62. The summed E-state index contributed by atoms with van der Waals surface area (Å²) in [6.45, 7) is 1.55. The Balaban J connectivity index is 2.59. The topological polar surface area (TPSA) is 84.0 Å². The molecule has 0 saturated heterocycles. The van der Waals surface area contributed by atoms with Crippen LogP contribution in [0.1, 0.15) is 11.6 Å². The number of oxazole rings is 1. The van der Waals surface area contributed by atoms with Gasteiger partial charge in [0.2, 0.25) is 14.9 Å². The standard InChI is InChI=1S/C12H10N2O3S/c1-9-14-11(7-8-13)12(17-9)18(15,16)10-5-3-2-4-6-10/h2-6H,7H2,1H3. The van der Waals surface area contributed by atoms with Crippen LogP contribution < -0.4 is 0 Å². The zero-order chi connectivity index (χ0) is 13.2. The molecule has 1 aromatic heterocycles. The van der Waals surface area contributed by atoms with Gasteiger partial charge in [-0.1, -0.05) is 18.2 Å². The van der Waals surface area contributed by atoms with E-state index >= 15 is 0 Å². The number of nitrogens with zero attached hydrogens (tertiary/aromatic N) is 2. The Hall–Kier alpha value is -2.13. The molecule has 2 aromatic rings. The molecule has 0 fully saturated rings. The molecule has 0 aliphatic rings. The fraction of sp³-hybridized carbons (Fsp3) is 0.167. The van der Waals surface area contributed by atoms with Crippen LogP contribution >= 0.6 is 0 Å². The minimum Gasteiger partial charge on any atom is -0.429 e. The quantitative estimate of drug-likeness (QED) is 0.843. The van der Waals surface area contributed by atoms with Crippen molar-refractivity contribution in [1.82, 2.24) is 4.98 Å². The second-order valence-corrected chi connectivity index (χ2v) is 5.47. The summed E-state index contributed by atoms with van der Waals surface area (Å²) < 4.78 is 29.7. The molecular formula is C12H10N2O3S. The van der Waals surface area contributed by atoms with Crippen LogP contribution in [0, 0.1) is 18.3 Å². The molecular weight excluding hydrogens is 252 g/mol. The third-order valence-electron chi connectivity index (χ3n) is 2.31. The number of benzene rings is 1. The van der Waals surface area contributed by atoms with E-state index < -0.39 is 9.84 Å². The Bertz CT molecular complexity index is 697. The average Bonchev–Trinajstić information content (AvgIpc) is 2.73. The van der Waals surface area contributed by atoms with E-state index in [1.165, 1.54) is 12.1 Å². The maximum absolute atomic E-state index is 12.3. The van der Waals surface area contributed by atoms with Gasteiger partial charge in [0, 0.05) is 6.92 Å². The first-order chi connectivity index (χ1) is 8.55. The number of rotatable bonds is 3. The molecule has 92 valence electrons. The molecule has 0 bridgehead atoms. The highest BCUT2D eigenvalue weighted by Crippen LogP contribution is 2.25. The van der Waals surface area contributed by atoms with Crippen LogP contribution in [0.25, 0.3) is 0 Å². The van der Waals surface area contributed by atoms with Crippen molar-refractivity contribution < 1.29 is 12.8 Å². The molecule has 5 nitrogen and oxygen atoms in total. The van der Waals surface area contributed by atoms with Gasteiger partial charge in [0.15, 0.2) is 5.89 Å². The van der Waals surface area contributed by atoms with Crippen LogP contribution in [0.3, 0.4) is 0 Å². The lowest BCUT2D eigenvalue weighted by atomic mass is 10.4. The first-order valence-corrected chi connectivity index (χ1v) is 6.67. The van der Waals surface area contributed by atoms with Crippen LogP contribution in [0.2, 0.25) is 0 Å². The first-order valence-electron chi connectivity index (χ1n) is 5.19. The minimum absolute atomic E-state index is 0.0985. The lowest BCUT2D eigenvalue weighted by molar-refractivity contribution is 0.420. The molecule has 0 amide bonds. The second-order valence-electron chi connectivity index (χ2n) is 3.62. The van der Waals surface area contributed by atoms with Crippen molar-refractivity contribution in [1.29, 1.82) is 5.26 Å². The third kappa shape index (κ3) is 2.13. The van der Waals surface area contributed by atoms with E-state index in [4.69, 9.17) is 9.68 Å². The van der Waals surface area contributed by atoms with Gasteiger partial charge in [-0.3, -0.25) is 0 Å². The van der Waals surface area contributed by atoms with Gasteiger partial charge in [-0.15, -0.1) is 0 Å². The fourth-order valence-electron chi connectivity index (χ4n) is 1.55. The highest BCUT2D eigenvalue weighted by atomic mass is 32.2. The van der Waals surface area contributed by atoms with Crippen LogP contribution in [0.15, 0.2) is 44.7 Å². The van der Waals surface area contributed by atoms with Crippen molar-refractivity contribution in [3.63, 3.8) is 0 Å². The van der Waals surface area contributed by atoms with Gasteiger partial charge < -0.3 is 4.42 Å². The van der Waals surface area contributed by atoms with Crippen molar-refractivity contribution in [3.8, 4) is 6.07 Å². The maximum atomic E-state index is 12.3. The van der Waals surface area contributed by atoms with Crippen LogP contribution in [0.4, 0.5) is 0 Å². The molecule has 1 aromatic carbocycles. The van der Waals surface area contributed by atoms with E-state index in [9.17, 15) is 8.42 Å². The Morgan fingerprint density at radius 3 is 2.61 bits per heavy atom. The summed E-state index contributed by atoms with van der Waals surface area (Å²) in [4.78, 5) is 4.05. The Kier molecular flexibility index (Phi) is 3.17. The molecule has 0 saturated carbocycles. The van der Waals surface area contributed by atoms with E-state index in [2.05, 4.69) is 4.98 Å². The van der Waals surface area contributed by atoms with E-state index in [1.807, 2.05) is 6.07 Å². The molecule has 0 N–H and O–H groups in total. The number of sulfone groups is 1. The van der Waals surface area contributed by atoms with Crippen LogP contribution in [-0.2, 0) is 16.3 Å². The summed E-state index contributed by atoms with van der Waals surface area (Å²) >= 11 is 0. The van der Waals surface area contributed by atoms with Gasteiger partial charge >= 0.3 is 0 Å². The molecule has 0 unspecified atom stereocenters. The Morgan fingerprint density at radius 2 is 2.00 bits per heavy atom. The molecule has 0 aliphatic heterocycles. The molecule has 2 rings (SSSR count). The van der Waals surface area contributed by atoms with E-state index in [1.54, 1.807) is 25.1 Å². The summed E-state index contributed by atoms with van der Waals surface area (Å²) in [5.41, 5.74) is 0.152. The van der Waals surface area contributed by atoms with Crippen molar-refractivity contribution >= 4 is 9.84 Å². The zero-order valence-corrected chi connectivity index (χ0v) is 10.4. The van der Waals surface area contributed by atoms with Crippen molar-refractivity contribution in [3.05, 3.63) is 41.9 Å². The van der Waals surface area contributed by atoms with Crippen LogP contribution in [-0.4, -0.2) is 13.4 Å². The van der Waals surface area contributed by atoms with Crippen molar-refractivity contribution in [2.45, 2.75) is 23.3 Å². The summed E-state index contributed by atoms with van der Waals surface area (Å²) in [6, 6.07) is 9.80. The van der Waals surface area contributed by atoms with Gasteiger partial charge in [0.25, 0.3) is 0 Å². The molecule has 0 atom stereocenters. The summed E-state index contributed by atoms with van der Waals surface area (Å²) in [5.74, 6) is 0.231. The largest absolute Gasteiger partial charge is 0.429 e. The number of aromatic nitrogens is 1. The maximum Gasteiger partial charge on any atom is 0.247 e. The van der Waals surface area contributed by atoms with E-state index in [0.717, 1.165) is 0 Å². The molecule has 1 heterocycles. The summed E-state index contributed by atoms with van der Waals surface area (Å²) in [5, 5.41) is 8.42. The van der Waals surface area contributed by atoms with Gasteiger partial charge in [-0.25, -0.2) is 13.4 Å². The second kappa shape index (κ2) is 4.63. The van der Waals surface area contributed by atoms with Crippen molar-refractivity contribution in [2.24, 2.45) is 0 Å². The molecule has 0 radical (unpaired) electrons. The van der Waals surface area contributed by atoms with E-state index in [-0.39, 0.29) is 28.0 Å². The predicted molar refractivity (Wildman–Crippen MR) is 62.5 cm³/mol. The number of hydrogen-bond acceptors (Lipinski definition) is 5. The van der Waals surface area contributed by atoms with Crippen molar-refractivity contribution in [2.75, 3.05) is 0 Å². The number of nitriles is 1. The third-order valence-corrected chi connectivity index (χ3v) is 4.01. The summed E-state index contributed by atoms with van der Waals surface area (Å²) in [6.07, 6.45) is -0.0985. The summed E-state index contributed by atoms with van der Waals surface area (Å²) in [7, 11) is -3.75. The molecule has 0 aliphatic carbocycles. The lowest BCUT2D eigenvalue weighted by Crippen LogP contribution is -2.03. The molecule has 18 heavy (non-hydrogen) atoms. The highest BCUT2D eigenvalue weighted by molar-refractivity contribution is 7.91. The smallest absolute Gasteiger partial charge is 0.247 e. The van der Waals surface area contributed by atoms with Gasteiger partial charge in [-0.05, 0) is 12.1 Å². The normalized spacial score (nSPS) is 11.1. The number of hydrogen-bond donors (Lipinski definition) is 0. The predicted octanol–water partition coefficient (Wildman–Crippen LogP) is 1.88. The SMILES string of the molecule is Cc1nc(CC#N)c(S(=O)(=O)c2ccccc2)o1. The number of aryl methyl sites for hydroxylation is 1. The highest BCUT2D eigenvalue weighted by Gasteiger charge is 2.26. The molecule has 6 heteroatoms. The van der Waals surface area contributed by atoms with Gasteiger partial charge in [0.1, 0.15) is 5.69 Å². The fourth-order valence-corrected chi connectivity index (χ4v) is 2.94. The lowest BCUT2D eigenvalue weighted by Gasteiger charge is -2.01. The Morgan fingerprint density at radius 1 is 1.33 bits per heavy atom. The first kappa shape index (κ1) is 12.3. The van der Waals surface area contributed by atoms with Gasteiger partial charge in [-0.2, -0.15) is 5.26 Å². The van der Waals surface area contributed by atoms with E-state index in [0.29, 0.717) is 0 Å². The Labute approximate surface area is 105 Å².